The van der Waals surface area contributed by atoms with Crippen LogP contribution in [0, 0.1) is 12.7 Å². The number of hydrogen-bond donors (Lipinski definition) is 3. The van der Waals surface area contributed by atoms with Gasteiger partial charge >= 0.3 is 11.8 Å². The van der Waals surface area contributed by atoms with Gasteiger partial charge in [0.15, 0.2) is 0 Å². The molecule has 0 aromatic heterocycles. The lowest BCUT2D eigenvalue weighted by Crippen LogP contribution is -3.15. The maximum Gasteiger partial charge on any atom is 0.313 e. The number of nitrogens with zero attached hydrogens (tertiary/aromatic N) is 1. The molecule has 8 heteroatoms. The Hall–Kier alpha value is -3.26. The molecule has 3 N–H and O–H groups in total. The molecule has 158 valence electrons. The minimum Gasteiger partial charge on any atom is -0.342 e. The third kappa shape index (κ3) is 5.87. The molecule has 1 fully saturated rings. The molecule has 2 aromatic rings. The lowest BCUT2D eigenvalue weighted by atomic mass is 10.1. The number of anilines is 1. The molecule has 0 spiro atoms. The summed E-state index contributed by atoms with van der Waals surface area (Å²) in [5, 5.41) is 5.20. The van der Waals surface area contributed by atoms with E-state index in [9.17, 15) is 18.8 Å². The van der Waals surface area contributed by atoms with Gasteiger partial charge in [-0.2, -0.15) is 0 Å². The Balaban J connectivity index is 1.37. The van der Waals surface area contributed by atoms with Crippen LogP contribution in [0.1, 0.15) is 15.9 Å². The normalized spacial score (nSPS) is 14.3. The van der Waals surface area contributed by atoms with E-state index >= 15 is 0 Å². The lowest BCUT2D eigenvalue weighted by Gasteiger charge is -2.32. The quantitative estimate of drug-likeness (QED) is 0.614. The van der Waals surface area contributed by atoms with E-state index in [4.69, 9.17) is 0 Å². The fourth-order valence-corrected chi connectivity index (χ4v) is 3.34. The minimum absolute atomic E-state index is 0.172. The smallest absolute Gasteiger partial charge is 0.313 e. The van der Waals surface area contributed by atoms with E-state index in [2.05, 4.69) is 10.6 Å². The van der Waals surface area contributed by atoms with Crippen molar-refractivity contribution in [1.29, 1.82) is 0 Å². The maximum absolute atomic E-state index is 13.3. The molecule has 1 heterocycles. The highest BCUT2D eigenvalue weighted by Gasteiger charge is 2.24. The molecule has 30 heavy (non-hydrogen) atoms. The van der Waals surface area contributed by atoms with E-state index in [0.29, 0.717) is 37.4 Å². The predicted molar refractivity (Wildman–Crippen MR) is 111 cm³/mol. The summed E-state index contributed by atoms with van der Waals surface area (Å²) in [5.41, 5.74) is 1.99. The summed E-state index contributed by atoms with van der Waals surface area (Å²) in [4.78, 5) is 39.3. The molecule has 3 amide bonds. The minimum atomic E-state index is -0.695. The van der Waals surface area contributed by atoms with E-state index in [0.717, 1.165) is 18.7 Å². The van der Waals surface area contributed by atoms with Crippen LogP contribution >= 0.6 is 0 Å². The molecule has 0 aliphatic carbocycles. The Morgan fingerprint density at radius 3 is 2.40 bits per heavy atom. The van der Waals surface area contributed by atoms with Gasteiger partial charge in [-0.1, -0.05) is 23.8 Å². The lowest BCUT2D eigenvalue weighted by molar-refractivity contribution is -0.902. The van der Waals surface area contributed by atoms with E-state index in [1.807, 2.05) is 19.1 Å². The summed E-state index contributed by atoms with van der Waals surface area (Å²) in [6.07, 6.45) is 0. The highest BCUT2D eigenvalue weighted by molar-refractivity contribution is 6.39. The Bertz CT molecular complexity index is 909. The first kappa shape index (κ1) is 21.4. The molecule has 7 nitrogen and oxygen atoms in total. The average molecular weight is 413 g/mol. The van der Waals surface area contributed by atoms with Gasteiger partial charge in [0.2, 0.25) is 0 Å². The van der Waals surface area contributed by atoms with Gasteiger partial charge in [0.05, 0.1) is 39.3 Å². The number of carbonyl (C=O) groups excluding carboxylic acids is 3. The molecule has 1 aliphatic rings. The largest absolute Gasteiger partial charge is 0.342 e. The molecule has 0 atom stereocenters. The fourth-order valence-electron chi connectivity index (χ4n) is 3.34. The molecule has 3 rings (SSSR count). The monoisotopic (exact) mass is 413 g/mol. The summed E-state index contributed by atoms with van der Waals surface area (Å²) in [5.74, 6) is -1.96. The van der Waals surface area contributed by atoms with Crippen LogP contribution in [0.25, 0.3) is 0 Å². The van der Waals surface area contributed by atoms with Gasteiger partial charge in [-0.15, -0.1) is 0 Å². The van der Waals surface area contributed by atoms with Crippen molar-refractivity contribution in [3.05, 3.63) is 65.5 Å². The Morgan fingerprint density at radius 2 is 1.73 bits per heavy atom. The van der Waals surface area contributed by atoms with Crippen LogP contribution in [-0.2, 0) is 9.59 Å². The number of benzene rings is 2. The average Bonchev–Trinajstić information content (AvgIpc) is 2.75. The molecular formula is C22H26FN4O3+. The van der Waals surface area contributed by atoms with Crippen LogP contribution in [0.4, 0.5) is 10.1 Å². The summed E-state index contributed by atoms with van der Waals surface area (Å²) >= 11 is 0. The van der Waals surface area contributed by atoms with Crippen molar-refractivity contribution in [1.82, 2.24) is 10.2 Å². The number of aryl methyl sites for hydroxylation is 1. The number of quaternary nitrogens is 1. The second-order valence-corrected chi connectivity index (χ2v) is 7.38. The van der Waals surface area contributed by atoms with Crippen molar-refractivity contribution in [2.24, 2.45) is 0 Å². The zero-order valence-corrected chi connectivity index (χ0v) is 16.9. The summed E-state index contributed by atoms with van der Waals surface area (Å²) in [6.45, 7) is 5.55. The van der Waals surface area contributed by atoms with Gasteiger partial charge in [-0.3, -0.25) is 14.4 Å². The summed E-state index contributed by atoms with van der Waals surface area (Å²) in [6, 6.07) is 12.9. The number of piperazine rings is 1. The molecule has 0 saturated carbocycles. The first-order chi connectivity index (χ1) is 14.4. The number of amides is 3. The van der Waals surface area contributed by atoms with Crippen LogP contribution in [0.3, 0.4) is 0 Å². The summed E-state index contributed by atoms with van der Waals surface area (Å²) in [7, 11) is 0. The molecule has 0 radical (unpaired) electrons. The molecule has 0 unspecified atom stereocenters. The second-order valence-electron chi connectivity index (χ2n) is 7.38. The van der Waals surface area contributed by atoms with Gasteiger partial charge in [0.1, 0.15) is 5.82 Å². The van der Waals surface area contributed by atoms with E-state index in [1.54, 1.807) is 23.1 Å². The van der Waals surface area contributed by atoms with Crippen molar-refractivity contribution in [2.45, 2.75) is 6.92 Å². The number of hydrogen-bond acceptors (Lipinski definition) is 3. The predicted octanol–water partition coefficient (Wildman–Crippen LogP) is 0.230. The Labute approximate surface area is 174 Å². The van der Waals surface area contributed by atoms with Crippen molar-refractivity contribution < 1.29 is 23.7 Å². The van der Waals surface area contributed by atoms with Gasteiger partial charge in [-0.25, -0.2) is 4.39 Å². The van der Waals surface area contributed by atoms with Gasteiger partial charge in [0.25, 0.3) is 5.91 Å². The number of halogens is 1. The van der Waals surface area contributed by atoms with Crippen molar-refractivity contribution in [3.63, 3.8) is 0 Å². The number of nitrogens with one attached hydrogen (secondary N) is 3. The number of rotatable bonds is 5. The topological polar surface area (TPSA) is 82.9 Å². The van der Waals surface area contributed by atoms with Crippen LogP contribution in [0.5, 0.6) is 0 Å². The summed E-state index contributed by atoms with van der Waals surface area (Å²) < 4.78 is 13.3. The molecule has 1 aliphatic heterocycles. The van der Waals surface area contributed by atoms with Crippen LogP contribution in [0.2, 0.25) is 0 Å². The zero-order valence-electron chi connectivity index (χ0n) is 16.9. The maximum atomic E-state index is 13.3. The van der Waals surface area contributed by atoms with Crippen molar-refractivity contribution in [3.8, 4) is 0 Å². The number of carbonyl (C=O) groups is 3. The zero-order chi connectivity index (χ0) is 21.5. The molecule has 0 bridgehead atoms. The fraction of sp³-hybridized carbons (Fsp3) is 0.318. The van der Waals surface area contributed by atoms with Gasteiger partial charge < -0.3 is 20.4 Å². The standard InChI is InChI=1S/C22H25FN4O3/c1-16-5-7-19(8-6-16)25-21(29)20(28)24-9-10-26-11-13-27(14-12-26)22(30)17-3-2-4-18(23)15-17/h2-8,15H,9-14H2,1H3,(H,24,28)(H,25,29)/p+1. The van der Waals surface area contributed by atoms with E-state index < -0.39 is 17.6 Å². The molecule has 1 saturated heterocycles. The highest BCUT2D eigenvalue weighted by Crippen LogP contribution is 2.09. The second kappa shape index (κ2) is 9.98. The third-order valence-electron chi connectivity index (χ3n) is 5.11. The Kier molecular flexibility index (Phi) is 7.13. The van der Waals surface area contributed by atoms with Crippen molar-refractivity contribution >= 4 is 23.4 Å². The molecular weight excluding hydrogens is 387 g/mol. The van der Waals surface area contributed by atoms with Gasteiger partial charge in [-0.05, 0) is 37.3 Å². The van der Waals surface area contributed by atoms with Crippen LogP contribution < -0.4 is 15.5 Å². The molecule has 2 aromatic carbocycles. The Morgan fingerprint density at radius 1 is 1.03 bits per heavy atom. The van der Waals surface area contributed by atoms with Crippen molar-refractivity contribution in [2.75, 3.05) is 44.6 Å². The van der Waals surface area contributed by atoms with Gasteiger partial charge in [0, 0.05) is 11.3 Å². The van der Waals surface area contributed by atoms with Crippen LogP contribution in [0.15, 0.2) is 48.5 Å². The SMILES string of the molecule is Cc1ccc(NC(=O)C(=O)NCC[NH+]2CCN(C(=O)c3cccc(F)c3)CC2)cc1. The van der Waals surface area contributed by atoms with E-state index in [1.165, 1.54) is 23.1 Å². The third-order valence-corrected chi connectivity index (χ3v) is 5.11. The first-order valence-electron chi connectivity index (χ1n) is 9.96. The van der Waals surface area contributed by atoms with E-state index in [-0.39, 0.29) is 5.91 Å². The van der Waals surface area contributed by atoms with Crippen LogP contribution in [-0.4, -0.2) is 61.9 Å². The first-order valence-corrected chi connectivity index (χ1v) is 9.96. The highest BCUT2D eigenvalue weighted by atomic mass is 19.1.